The molecule has 0 saturated heterocycles. The number of hydrogen-bond donors (Lipinski definition) is 1. The second-order valence-electron chi connectivity index (χ2n) is 4.06. The second-order valence-corrected chi connectivity index (χ2v) is 4.06. The van der Waals surface area contributed by atoms with E-state index in [1.165, 1.54) is 13.0 Å². The third-order valence-electron chi connectivity index (χ3n) is 2.00. The topological polar surface area (TPSA) is 29.5 Å². The van der Waals surface area contributed by atoms with E-state index in [0.29, 0.717) is 18.3 Å². The number of hydrogen-bond acceptors (Lipinski definition) is 2. The van der Waals surface area contributed by atoms with Gasteiger partial charge in [0.2, 0.25) is 0 Å². The Bertz CT molecular complexity index is 321. The highest BCUT2D eigenvalue weighted by atomic mass is 19.1. The van der Waals surface area contributed by atoms with Crippen LogP contribution in [0, 0.1) is 11.7 Å². The molecule has 0 aliphatic rings. The van der Waals surface area contributed by atoms with Crippen LogP contribution in [-0.2, 0) is 0 Å². The van der Waals surface area contributed by atoms with Crippen molar-refractivity contribution in [1.82, 2.24) is 0 Å². The fraction of sp³-hybridized carbons (Fsp3) is 0.500. The third-order valence-corrected chi connectivity index (χ3v) is 2.00. The molecule has 0 bridgehead atoms. The van der Waals surface area contributed by atoms with Crippen LogP contribution in [-0.4, -0.2) is 11.7 Å². The highest BCUT2D eigenvalue weighted by Crippen LogP contribution is 2.22. The predicted octanol–water partition coefficient (Wildman–Crippen LogP) is 2.91. The molecule has 2 nitrogen and oxygen atoms in total. The number of rotatable bonds is 4. The quantitative estimate of drug-likeness (QED) is 0.831. The molecule has 0 aliphatic carbocycles. The van der Waals surface area contributed by atoms with Crippen molar-refractivity contribution in [2.45, 2.75) is 26.9 Å². The summed E-state index contributed by atoms with van der Waals surface area (Å²) in [6, 6.07) is 4.43. The summed E-state index contributed by atoms with van der Waals surface area (Å²) in [6.07, 6.45) is -0.812. The molecule has 0 fully saturated rings. The van der Waals surface area contributed by atoms with E-state index in [1.54, 1.807) is 12.1 Å². The minimum atomic E-state index is -0.812. The molecule has 15 heavy (non-hydrogen) atoms. The fourth-order valence-electron chi connectivity index (χ4n) is 1.19. The zero-order chi connectivity index (χ0) is 11.4. The monoisotopic (exact) mass is 212 g/mol. The largest absolute Gasteiger partial charge is 0.493 e. The number of benzene rings is 1. The van der Waals surface area contributed by atoms with E-state index in [9.17, 15) is 9.50 Å². The van der Waals surface area contributed by atoms with Crippen LogP contribution in [0.2, 0.25) is 0 Å². The van der Waals surface area contributed by atoms with Crippen LogP contribution in [0.1, 0.15) is 32.4 Å². The van der Waals surface area contributed by atoms with E-state index >= 15 is 0 Å². The maximum atomic E-state index is 13.2. The first-order valence-corrected chi connectivity index (χ1v) is 5.11. The van der Waals surface area contributed by atoms with Gasteiger partial charge in [-0.3, -0.25) is 0 Å². The van der Waals surface area contributed by atoms with Gasteiger partial charge < -0.3 is 9.84 Å². The lowest BCUT2D eigenvalue weighted by molar-refractivity contribution is 0.193. The van der Waals surface area contributed by atoms with Gasteiger partial charge in [-0.15, -0.1) is 0 Å². The van der Waals surface area contributed by atoms with Crippen LogP contribution < -0.4 is 4.74 Å². The summed E-state index contributed by atoms with van der Waals surface area (Å²) in [4.78, 5) is 0. The molecule has 1 aromatic rings. The molecule has 0 aromatic heterocycles. The summed E-state index contributed by atoms with van der Waals surface area (Å²) >= 11 is 0. The van der Waals surface area contributed by atoms with Gasteiger partial charge in [0.25, 0.3) is 0 Å². The lowest BCUT2D eigenvalue weighted by atomic mass is 10.1. The Kier molecular flexibility index (Phi) is 4.09. The summed E-state index contributed by atoms with van der Waals surface area (Å²) in [5.74, 6) is 0.618. The molecule has 0 aliphatic heterocycles. The van der Waals surface area contributed by atoms with Gasteiger partial charge >= 0.3 is 0 Å². The normalized spacial score (nSPS) is 12.9. The number of aliphatic hydroxyl groups excluding tert-OH is 1. The van der Waals surface area contributed by atoms with Crippen molar-refractivity contribution in [1.29, 1.82) is 0 Å². The minimum Gasteiger partial charge on any atom is -0.493 e. The molecule has 0 radical (unpaired) electrons. The summed E-state index contributed by atoms with van der Waals surface area (Å²) in [5, 5.41) is 9.31. The summed E-state index contributed by atoms with van der Waals surface area (Å²) in [7, 11) is 0. The molecule has 0 saturated carbocycles. The van der Waals surface area contributed by atoms with E-state index in [-0.39, 0.29) is 5.56 Å². The molecule has 1 aromatic carbocycles. The Morgan fingerprint density at radius 3 is 2.53 bits per heavy atom. The molecule has 1 N–H and O–H groups in total. The predicted molar refractivity (Wildman–Crippen MR) is 57.4 cm³/mol. The first-order valence-electron chi connectivity index (χ1n) is 5.11. The summed E-state index contributed by atoms with van der Waals surface area (Å²) in [5.41, 5.74) is 0.274. The molecule has 1 unspecified atom stereocenters. The van der Waals surface area contributed by atoms with E-state index < -0.39 is 11.9 Å². The highest BCUT2D eigenvalue weighted by molar-refractivity contribution is 5.31. The van der Waals surface area contributed by atoms with Gasteiger partial charge in [0, 0.05) is 5.56 Å². The minimum absolute atomic E-state index is 0.274. The molecular formula is C12H17FO2. The van der Waals surface area contributed by atoms with Crippen molar-refractivity contribution in [3.8, 4) is 5.75 Å². The maximum Gasteiger partial charge on any atom is 0.129 e. The molecule has 1 rings (SSSR count). The molecule has 3 heteroatoms. The molecule has 0 heterocycles. The SMILES string of the molecule is CC(C)COc1ccc(F)c(C(C)O)c1. The maximum absolute atomic E-state index is 13.2. The summed E-state index contributed by atoms with van der Waals surface area (Å²) in [6.45, 7) is 6.20. The van der Waals surface area contributed by atoms with Crippen molar-refractivity contribution in [3.05, 3.63) is 29.6 Å². The zero-order valence-corrected chi connectivity index (χ0v) is 9.33. The fourth-order valence-corrected chi connectivity index (χ4v) is 1.19. The van der Waals surface area contributed by atoms with Crippen LogP contribution in [0.15, 0.2) is 18.2 Å². The lowest BCUT2D eigenvalue weighted by Crippen LogP contribution is -2.05. The van der Waals surface area contributed by atoms with Gasteiger partial charge in [-0.1, -0.05) is 13.8 Å². The van der Waals surface area contributed by atoms with Crippen molar-refractivity contribution in [2.75, 3.05) is 6.61 Å². The third kappa shape index (κ3) is 3.51. The molecule has 84 valence electrons. The average Bonchev–Trinajstić information content (AvgIpc) is 2.16. The van der Waals surface area contributed by atoms with E-state index in [1.807, 2.05) is 13.8 Å². The number of ether oxygens (including phenoxy) is 1. The molecule has 0 amide bonds. The number of halogens is 1. The van der Waals surface area contributed by atoms with Crippen molar-refractivity contribution >= 4 is 0 Å². The molecule has 0 spiro atoms. The van der Waals surface area contributed by atoms with Crippen molar-refractivity contribution < 1.29 is 14.2 Å². The van der Waals surface area contributed by atoms with Crippen molar-refractivity contribution in [3.63, 3.8) is 0 Å². The van der Waals surface area contributed by atoms with Gasteiger partial charge in [0.05, 0.1) is 12.7 Å². The van der Waals surface area contributed by atoms with Crippen LogP contribution in [0.5, 0.6) is 5.75 Å². The van der Waals surface area contributed by atoms with Gasteiger partial charge in [0.15, 0.2) is 0 Å². The van der Waals surface area contributed by atoms with Gasteiger partial charge in [-0.05, 0) is 31.0 Å². The summed E-state index contributed by atoms with van der Waals surface area (Å²) < 4.78 is 18.6. The lowest BCUT2D eigenvalue weighted by Gasteiger charge is -2.11. The first kappa shape index (κ1) is 12.0. The van der Waals surface area contributed by atoms with Gasteiger partial charge in [0.1, 0.15) is 11.6 Å². The van der Waals surface area contributed by atoms with Crippen LogP contribution in [0.4, 0.5) is 4.39 Å². The Morgan fingerprint density at radius 1 is 1.33 bits per heavy atom. The van der Waals surface area contributed by atoms with Crippen LogP contribution in [0.25, 0.3) is 0 Å². The Labute approximate surface area is 89.7 Å². The van der Waals surface area contributed by atoms with E-state index in [0.717, 1.165) is 0 Å². The van der Waals surface area contributed by atoms with Gasteiger partial charge in [-0.2, -0.15) is 0 Å². The Balaban J connectivity index is 2.78. The second kappa shape index (κ2) is 5.12. The van der Waals surface area contributed by atoms with Crippen LogP contribution in [0.3, 0.4) is 0 Å². The van der Waals surface area contributed by atoms with E-state index in [2.05, 4.69) is 0 Å². The van der Waals surface area contributed by atoms with Gasteiger partial charge in [-0.25, -0.2) is 4.39 Å². The van der Waals surface area contributed by atoms with Crippen molar-refractivity contribution in [2.24, 2.45) is 5.92 Å². The smallest absolute Gasteiger partial charge is 0.129 e. The average molecular weight is 212 g/mol. The highest BCUT2D eigenvalue weighted by Gasteiger charge is 2.09. The first-order chi connectivity index (χ1) is 7.00. The molecule has 1 atom stereocenters. The molecular weight excluding hydrogens is 195 g/mol. The Hall–Kier alpha value is -1.09. The standard InChI is InChI=1S/C12H17FO2/c1-8(2)7-15-10-4-5-12(13)11(6-10)9(3)14/h4-6,8-9,14H,7H2,1-3H3. The number of aliphatic hydroxyl groups is 1. The van der Waals surface area contributed by atoms with E-state index in [4.69, 9.17) is 4.74 Å². The Morgan fingerprint density at radius 2 is 2.00 bits per heavy atom. The zero-order valence-electron chi connectivity index (χ0n) is 9.33. The van der Waals surface area contributed by atoms with Crippen LogP contribution >= 0.6 is 0 Å².